The summed E-state index contributed by atoms with van der Waals surface area (Å²) in [5.41, 5.74) is 6.85. The number of nitrogen functional groups attached to an aromatic ring is 1. The third kappa shape index (κ3) is 1.71. The number of benzene rings is 1. The normalized spacial score (nSPS) is 12.9. The van der Waals surface area contributed by atoms with Crippen molar-refractivity contribution in [3.05, 3.63) is 28.8 Å². The number of nitrogens with two attached hydrogens (primary N) is 1. The zero-order valence-corrected chi connectivity index (χ0v) is 7.67. The Bertz CT molecular complexity index is 255. The average molecular weight is 186 g/mol. The van der Waals surface area contributed by atoms with Gasteiger partial charge in [0, 0.05) is 16.3 Å². The van der Waals surface area contributed by atoms with Crippen molar-refractivity contribution in [2.45, 2.75) is 19.4 Å². The number of rotatable bonds is 2. The molecule has 12 heavy (non-hydrogen) atoms. The van der Waals surface area contributed by atoms with Crippen LogP contribution in [0.1, 0.15) is 25.0 Å². The van der Waals surface area contributed by atoms with Crippen LogP contribution in [0.5, 0.6) is 0 Å². The smallest absolute Gasteiger partial charge is 0.0822 e. The summed E-state index contributed by atoms with van der Waals surface area (Å²) in [7, 11) is 0. The van der Waals surface area contributed by atoms with Gasteiger partial charge in [-0.05, 0) is 18.6 Å². The first kappa shape index (κ1) is 9.36. The van der Waals surface area contributed by atoms with Gasteiger partial charge in [-0.2, -0.15) is 0 Å². The Hall–Kier alpha value is -0.730. The predicted molar refractivity (Wildman–Crippen MR) is 51.1 cm³/mol. The van der Waals surface area contributed by atoms with Crippen LogP contribution in [0.2, 0.25) is 5.02 Å². The maximum Gasteiger partial charge on any atom is 0.0822 e. The molecule has 3 N–H and O–H groups in total. The zero-order chi connectivity index (χ0) is 9.14. The quantitative estimate of drug-likeness (QED) is 0.695. The Morgan fingerprint density at radius 3 is 2.75 bits per heavy atom. The summed E-state index contributed by atoms with van der Waals surface area (Å²) in [6.07, 6.45) is 0.0622. The summed E-state index contributed by atoms with van der Waals surface area (Å²) in [6, 6.07) is 5.23. The highest BCUT2D eigenvalue weighted by atomic mass is 35.5. The minimum atomic E-state index is -0.557. The molecule has 1 aromatic rings. The van der Waals surface area contributed by atoms with Crippen molar-refractivity contribution in [2.24, 2.45) is 0 Å². The lowest BCUT2D eigenvalue weighted by molar-refractivity contribution is 0.174. The molecule has 0 saturated carbocycles. The van der Waals surface area contributed by atoms with E-state index in [1.807, 2.05) is 6.92 Å². The van der Waals surface area contributed by atoms with E-state index < -0.39 is 6.10 Å². The Labute approximate surface area is 77.0 Å². The summed E-state index contributed by atoms with van der Waals surface area (Å²) in [5.74, 6) is 0. The fraction of sp³-hybridized carbons (Fsp3) is 0.333. The van der Waals surface area contributed by atoms with Gasteiger partial charge in [-0.15, -0.1) is 0 Å². The molecular formula is C9H12ClNO. The first-order chi connectivity index (χ1) is 5.66. The molecule has 0 aliphatic carbocycles. The maximum atomic E-state index is 9.53. The van der Waals surface area contributed by atoms with E-state index in [2.05, 4.69) is 0 Å². The van der Waals surface area contributed by atoms with Crippen LogP contribution >= 0.6 is 11.6 Å². The molecule has 0 aromatic heterocycles. The molecule has 0 fully saturated rings. The molecule has 0 spiro atoms. The number of hydrogen-bond acceptors (Lipinski definition) is 2. The Kier molecular flexibility index (Phi) is 2.95. The highest BCUT2D eigenvalue weighted by molar-refractivity contribution is 6.31. The highest BCUT2D eigenvalue weighted by Gasteiger charge is 2.11. The summed E-state index contributed by atoms with van der Waals surface area (Å²) in [6.45, 7) is 1.88. The second-order valence-electron chi connectivity index (χ2n) is 2.67. The van der Waals surface area contributed by atoms with Gasteiger partial charge in [-0.25, -0.2) is 0 Å². The largest absolute Gasteiger partial charge is 0.398 e. The first-order valence-electron chi connectivity index (χ1n) is 3.88. The van der Waals surface area contributed by atoms with E-state index in [0.29, 0.717) is 22.7 Å². The molecule has 0 radical (unpaired) electrons. The lowest BCUT2D eigenvalue weighted by Gasteiger charge is -2.12. The zero-order valence-electron chi connectivity index (χ0n) is 6.92. The van der Waals surface area contributed by atoms with Crippen molar-refractivity contribution in [3.63, 3.8) is 0 Å². The van der Waals surface area contributed by atoms with Gasteiger partial charge in [0.15, 0.2) is 0 Å². The van der Waals surface area contributed by atoms with E-state index >= 15 is 0 Å². The van der Waals surface area contributed by atoms with E-state index in [9.17, 15) is 5.11 Å². The molecule has 66 valence electrons. The van der Waals surface area contributed by atoms with Gasteiger partial charge < -0.3 is 10.8 Å². The van der Waals surface area contributed by atoms with Crippen LogP contribution in [-0.4, -0.2) is 5.11 Å². The number of aliphatic hydroxyl groups excluding tert-OH is 1. The molecule has 0 bridgehead atoms. The second-order valence-corrected chi connectivity index (χ2v) is 3.07. The first-order valence-corrected chi connectivity index (χ1v) is 4.26. The van der Waals surface area contributed by atoms with E-state index in [0.717, 1.165) is 0 Å². The molecule has 1 aromatic carbocycles. The van der Waals surface area contributed by atoms with Gasteiger partial charge in [0.25, 0.3) is 0 Å². The third-order valence-electron chi connectivity index (χ3n) is 1.81. The molecule has 0 aliphatic rings. The Balaban J connectivity index is 3.12. The molecule has 0 saturated heterocycles. The molecule has 2 nitrogen and oxygen atoms in total. The van der Waals surface area contributed by atoms with Crippen molar-refractivity contribution in [2.75, 3.05) is 5.73 Å². The molecule has 0 heterocycles. The van der Waals surface area contributed by atoms with E-state index in [4.69, 9.17) is 17.3 Å². The van der Waals surface area contributed by atoms with E-state index in [1.165, 1.54) is 0 Å². The summed E-state index contributed by atoms with van der Waals surface area (Å²) in [4.78, 5) is 0. The molecule has 0 aliphatic heterocycles. The number of hydrogen-bond donors (Lipinski definition) is 2. The number of halogens is 1. The van der Waals surface area contributed by atoms with Crippen LogP contribution in [0.15, 0.2) is 18.2 Å². The molecule has 3 heteroatoms. The lowest BCUT2D eigenvalue weighted by atomic mass is 10.1. The molecule has 1 atom stereocenters. The highest BCUT2D eigenvalue weighted by Crippen LogP contribution is 2.29. The second kappa shape index (κ2) is 3.78. The standard InChI is InChI=1S/C9H12ClNO/c1-2-8(12)9-6(10)4-3-5-7(9)11/h3-5,8,12H,2,11H2,1H3. The van der Waals surface area contributed by atoms with E-state index in [1.54, 1.807) is 18.2 Å². The van der Waals surface area contributed by atoms with Crippen LogP contribution in [0, 0.1) is 0 Å². The fourth-order valence-electron chi connectivity index (χ4n) is 1.11. The summed E-state index contributed by atoms with van der Waals surface area (Å²) in [5, 5.41) is 10.1. The predicted octanol–water partition coefficient (Wildman–Crippen LogP) is 2.37. The van der Waals surface area contributed by atoms with Crippen LogP contribution in [0.4, 0.5) is 5.69 Å². The van der Waals surface area contributed by atoms with Crippen LogP contribution in [0.25, 0.3) is 0 Å². The van der Waals surface area contributed by atoms with Crippen molar-refractivity contribution in [1.82, 2.24) is 0 Å². The monoisotopic (exact) mass is 185 g/mol. The SMILES string of the molecule is CCC(O)c1c(N)cccc1Cl. The number of anilines is 1. The van der Waals surface area contributed by atoms with E-state index in [-0.39, 0.29) is 0 Å². The van der Waals surface area contributed by atoms with Crippen molar-refractivity contribution < 1.29 is 5.11 Å². The fourth-order valence-corrected chi connectivity index (χ4v) is 1.42. The summed E-state index contributed by atoms with van der Waals surface area (Å²) < 4.78 is 0. The van der Waals surface area contributed by atoms with Crippen molar-refractivity contribution in [3.8, 4) is 0 Å². The Morgan fingerprint density at radius 2 is 2.25 bits per heavy atom. The van der Waals surface area contributed by atoms with Crippen molar-refractivity contribution >= 4 is 17.3 Å². The van der Waals surface area contributed by atoms with Crippen LogP contribution < -0.4 is 5.73 Å². The minimum Gasteiger partial charge on any atom is -0.398 e. The maximum absolute atomic E-state index is 9.53. The van der Waals surface area contributed by atoms with Gasteiger partial charge in [-0.3, -0.25) is 0 Å². The van der Waals surface area contributed by atoms with Gasteiger partial charge in [0.05, 0.1) is 6.10 Å². The van der Waals surface area contributed by atoms with Gasteiger partial charge in [-0.1, -0.05) is 24.6 Å². The molecule has 0 amide bonds. The molecular weight excluding hydrogens is 174 g/mol. The summed E-state index contributed by atoms with van der Waals surface area (Å²) >= 11 is 5.86. The topological polar surface area (TPSA) is 46.2 Å². The lowest BCUT2D eigenvalue weighted by Crippen LogP contribution is -2.01. The molecule has 1 unspecified atom stereocenters. The molecule has 1 rings (SSSR count). The average Bonchev–Trinajstić information content (AvgIpc) is 2.03. The van der Waals surface area contributed by atoms with Gasteiger partial charge >= 0.3 is 0 Å². The van der Waals surface area contributed by atoms with Crippen molar-refractivity contribution in [1.29, 1.82) is 0 Å². The van der Waals surface area contributed by atoms with Gasteiger partial charge in [0.2, 0.25) is 0 Å². The van der Waals surface area contributed by atoms with Crippen LogP contribution in [0.3, 0.4) is 0 Å². The van der Waals surface area contributed by atoms with Crippen LogP contribution in [-0.2, 0) is 0 Å². The van der Waals surface area contributed by atoms with Gasteiger partial charge in [0.1, 0.15) is 0 Å². The Morgan fingerprint density at radius 1 is 1.58 bits per heavy atom. The third-order valence-corrected chi connectivity index (χ3v) is 2.14. The number of aliphatic hydroxyl groups is 1. The minimum absolute atomic E-state index is 0.532.